The van der Waals surface area contributed by atoms with Crippen molar-refractivity contribution in [3.8, 4) is 0 Å². The molecule has 1 aliphatic heterocycles. The molecule has 0 unspecified atom stereocenters. The highest BCUT2D eigenvalue weighted by Gasteiger charge is 2.34. The van der Waals surface area contributed by atoms with E-state index in [1.54, 1.807) is 6.07 Å². The fraction of sp³-hybridized carbons (Fsp3) is 0.321. The summed E-state index contributed by atoms with van der Waals surface area (Å²) in [6.45, 7) is 5.58. The second-order valence-corrected chi connectivity index (χ2v) is 11.0. The summed E-state index contributed by atoms with van der Waals surface area (Å²) in [4.78, 5) is 15.8. The maximum Gasteiger partial charge on any atom is 0.243 e. The number of benzene rings is 3. The molecule has 1 fully saturated rings. The number of hydrogen-bond acceptors (Lipinski definition) is 3. The molecule has 0 saturated carbocycles. The van der Waals surface area contributed by atoms with Crippen molar-refractivity contribution in [3.63, 3.8) is 0 Å². The first kappa shape index (κ1) is 24.2. The highest BCUT2D eigenvalue weighted by molar-refractivity contribution is 7.89. The van der Waals surface area contributed by atoms with Gasteiger partial charge in [0.05, 0.1) is 4.90 Å². The van der Waals surface area contributed by atoms with Crippen LogP contribution < -0.4 is 0 Å². The SMILES string of the molecule is Cc1ccc(S(=O)(=O)N2CCC(C(=O)N(Cc3ccccc3)Cc3ccccc3)CC2)c(C)c1. The zero-order valence-corrected chi connectivity index (χ0v) is 20.7. The third-order valence-electron chi connectivity index (χ3n) is 6.50. The van der Waals surface area contributed by atoms with Crippen molar-refractivity contribution in [2.75, 3.05) is 13.1 Å². The van der Waals surface area contributed by atoms with Gasteiger partial charge in [-0.3, -0.25) is 4.79 Å². The van der Waals surface area contributed by atoms with Crippen LogP contribution in [0.4, 0.5) is 0 Å². The Kier molecular flexibility index (Phi) is 7.49. The lowest BCUT2D eigenvalue weighted by Crippen LogP contribution is -2.44. The van der Waals surface area contributed by atoms with Crippen LogP contribution in [0.5, 0.6) is 0 Å². The minimum absolute atomic E-state index is 0.0938. The first-order valence-corrected chi connectivity index (χ1v) is 13.2. The van der Waals surface area contributed by atoms with Gasteiger partial charge < -0.3 is 4.90 Å². The number of aryl methyl sites for hydroxylation is 2. The Morgan fingerprint density at radius 3 is 1.88 bits per heavy atom. The standard InChI is InChI=1S/C28H32N2O3S/c1-22-13-14-27(23(2)19-22)34(32,33)30-17-15-26(16-18-30)28(31)29(20-24-9-5-3-6-10-24)21-25-11-7-4-8-12-25/h3-14,19,26H,15-18,20-21H2,1-2H3. The van der Waals surface area contributed by atoms with Crippen molar-refractivity contribution in [1.82, 2.24) is 9.21 Å². The molecular weight excluding hydrogens is 444 g/mol. The van der Waals surface area contributed by atoms with Gasteiger partial charge in [0.15, 0.2) is 0 Å². The summed E-state index contributed by atoms with van der Waals surface area (Å²) in [5, 5.41) is 0. The van der Waals surface area contributed by atoms with Crippen molar-refractivity contribution in [3.05, 3.63) is 101 Å². The zero-order valence-electron chi connectivity index (χ0n) is 19.9. The number of amides is 1. The minimum Gasteiger partial charge on any atom is -0.334 e. The Labute approximate surface area is 203 Å². The number of carbonyl (C=O) groups is 1. The van der Waals surface area contributed by atoms with E-state index < -0.39 is 10.0 Å². The smallest absolute Gasteiger partial charge is 0.243 e. The van der Waals surface area contributed by atoms with Crippen LogP contribution in [0.25, 0.3) is 0 Å². The molecule has 0 atom stereocenters. The van der Waals surface area contributed by atoms with Crippen LogP contribution >= 0.6 is 0 Å². The molecule has 1 saturated heterocycles. The van der Waals surface area contributed by atoms with Crippen LogP contribution in [0.15, 0.2) is 83.8 Å². The van der Waals surface area contributed by atoms with E-state index in [0.29, 0.717) is 43.9 Å². The van der Waals surface area contributed by atoms with Gasteiger partial charge in [-0.1, -0.05) is 78.4 Å². The summed E-state index contributed by atoms with van der Waals surface area (Å²) in [6.07, 6.45) is 1.06. The van der Waals surface area contributed by atoms with Crippen molar-refractivity contribution < 1.29 is 13.2 Å². The van der Waals surface area contributed by atoms with Crippen LogP contribution in [0.1, 0.15) is 35.1 Å². The topological polar surface area (TPSA) is 57.7 Å². The maximum atomic E-state index is 13.6. The van der Waals surface area contributed by atoms with Gasteiger partial charge in [0.25, 0.3) is 0 Å². The Hall–Kier alpha value is -2.96. The van der Waals surface area contributed by atoms with Crippen LogP contribution in [-0.4, -0.2) is 36.6 Å². The number of hydrogen-bond donors (Lipinski definition) is 0. The van der Waals surface area contributed by atoms with Crippen LogP contribution in [0, 0.1) is 19.8 Å². The number of sulfonamides is 1. The molecule has 0 radical (unpaired) electrons. The van der Waals surface area contributed by atoms with Crippen LogP contribution in [0.3, 0.4) is 0 Å². The van der Waals surface area contributed by atoms with Gasteiger partial charge >= 0.3 is 0 Å². The van der Waals surface area contributed by atoms with E-state index in [-0.39, 0.29) is 11.8 Å². The molecule has 0 N–H and O–H groups in total. The van der Waals surface area contributed by atoms with Crippen LogP contribution in [-0.2, 0) is 27.9 Å². The lowest BCUT2D eigenvalue weighted by atomic mass is 9.96. The lowest BCUT2D eigenvalue weighted by molar-refractivity contribution is -0.138. The molecule has 6 heteroatoms. The number of nitrogens with zero attached hydrogens (tertiary/aromatic N) is 2. The summed E-state index contributed by atoms with van der Waals surface area (Å²) in [6, 6.07) is 25.4. The van der Waals surface area contributed by atoms with Crippen LogP contribution in [0.2, 0.25) is 0 Å². The normalized spacial score (nSPS) is 15.2. The maximum absolute atomic E-state index is 13.6. The fourth-order valence-electron chi connectivity index (χ4n) is 4.65. The second kappa shape index (κ2) is 10.5. The molecular formula is C28H32N2O3S. The van der Waals surface area contributed by atoms with Gasteiger partial charge in [-0.15, -0.1) is 0 Å². The highest BCUT2D eigenvalue weighted by Crippen LogP contribution is 2.28. The third kappa shape index (κ3) is 5.57. The third-order valence-corrected chi connectivity index (χ3v) is 8.55. The monoisotopic (exact) mass is 476 g/mol. The van der Waals surface area contributed by atoms with Gasteiger partial charge in [0, 0.05) is 32.1 Å². The summed E-state index contributed by atoms with van der Waals surface area (Å²) < 4.78 is 28.0. The van der Waals surface area contributed by atoms with E-state index in [4.69, 9.17) is 0 Å². The van der Waals surface area contributed by atoms with E-state index in [9.17, 15) is 13.2 Å². The number of carbonyl (C=O) groups excluding carboxylic acids is 1. The Bertz CT molecular complexity index is 1180. The first-order valence-electron chi connectivity index (χ1n) is 11.8. The zero-order chi connectivity index (χ0) is 24.1. The molecule has 1 aliphatic rings. The van der Waals surface area contributed by atoms with E-state index in [0.717, 1.165) is 22.3 Å². The molecule has 34 heavy (non-hydrogen) atoms. The molecule has 3 aromatic rings. The largest absolute Gasteiger partial charge is 0.334 e. The molecule has 0 spiro atoms. The summed E-state index contributed by atoms with van der Waals surface area (Å²) in [7, 11) is -3.57. The Morgan fingerprint density at radius 2 is 1.38 bits per heavy atom. The molecule has 4 rings (SSSR count). The molecule has 0 bridgehead atoms. The highest BCUT2D eigenvalue weighted by atomic mass is 32.2. The van der Waals surface area contributed by atoms with E-state index >= 15 is 0 Å². The molecule has 5 nitrogen and oxygen atoms in total. The Balaban J connectivity index is 1.47. The summed E-state index contributed by atoms with van der Waals surface area (Å²) in [5.41, 5.74) is 3.97. The molecule has 3 aromatic carbocycles. The average Bonchev–Trinajstić information content (AvgIpc) is 2.84. The number of piperidine rings is 1. The van der Waals surface area contributed by atoms with Crippen molar-refractivity contribution in [2.24, 2.45) is 5.92 Å². The molecule has 0 aromatic heterocycles. The summed E-state index contributed by atoms with van der Waals surface area (Å²) in [5.74, 6) is -0.0886. The molecule has 1 amide bonds. The van der Waals surface area contributed by atoms with Gasteiger partial charge in [0.2, 0.25) is 15.9 Å². The summed E-state index contributed by atoms with van der Waals surface area (Å²) >= 11 is 0. The van der Waals surface area contributed by atoms with Gasteiger partial charge in [-0.05, 0) is 49.4 Å². The van der Waals surface area contributed by atoms with E-state index in [1.807, 2.05) is 91.5 Å². The van der Waals surface area contributed by atoms with E-state index in [2.05, 4.69) is 0 Å². The second-order valence-electron chi connectivity index (χ2n) is 9.11. The van der Waals surface area contributed by atoms with E-state index in [1.165, 1.54) is 4.31 Å². The molecule has 1 heterocycles. The average molecular weight is 477 g/mol. The van der Waals surface area contributed by atoms with Crippen molar-refractivity contribution in [2.45, 2.75) is 44.7 Å². The van der Waals surface area contributed by atoms with Gasteiger partial charge in [0.1, 0.15) is 0 Å². The van der Waals surface area contributed by atoms with Crippen molar-refractivity contribution >= 4 is 15.9 Å². The number of rotatable bonds is 7. The van der Waals surface area contributed by atoms with Crippen molar-refractivity contribution in [1.29, 1.82) is 0 Å². The first-order chi connectivity index (χ1) is 16.3. The molecule has 0 aliphatic carbocycles. The predicted molar refractivity (Wildman–Crippen MR) is 135 cm³/mol. The molecule has 178 valence electrons. The van der Waals surface area contributed by atoms with Gasteiger partial charge in [-0.25, -0.2) is 8.42 Å². The van der Waals surface area contributed by atoms with Gasteiger partial charge in [-0.2, -0.15) is 4.31 Å². The fourth-order valence-corrected chi connectivity index (χ4v) is 6.32. The lowest BCUT2D eigenvalue weighted by Gasteiger charge is -2.34. The predicted octanol–water partition coefficient (Wildman–Crippen LogP) is 4.93. The Morgan fingerprint density at radius 1 is 0.853 bits per heavy atom. The minimum atomic E-state index is -3.57. The quantitative estimate of drug-likeness (QED) is 0.486.